The fourth-order valence-corrected chi connectivity index (χ4v) is 3.83. The Labute approximate surface area is 144 Å². The van der Waals surface area contributed by atoms with E-state index >= 15 is 0 Å². The minimum Gasteiger partial charge on any atom is -0.432 e. The molecule has 10 heteroatoms. The third-order valence-corrected chi connectivity index (χ3v) is 4.95. The molecular formula is C16H16F6N2O2. The second-order valence-electron chi connectivity index (χ2n) is 6.75. The van der Waals surface area contributed by atoms with E-state index in [1.54, 1.807) is 0 Å². The number of ether oxygens (including phenoxy) is 1. The maximum Gasteiger partial charge on any atom is 0.392 e. The molecule has 0 spiro atoms. The SMILES string of the molecule is O=C(NCc1ccc(F)c(OC(F)F)c1)NC12CC(C1)[C@@H](C(F)(F)F)C2. The standard InChI is InChI=1S/C16H16F6N2O2/c17-11-2-1-8(3-12(11)26-13(18)19)7-23-14(25)24-15-4-9(5-15)10(6-15)16(20,21)22/h1-3,9-10,13H,4-7H2,(H2,23,24,25)/t9?,10-,15?/m0/s1. The van der Waals surface area contributed by atoms with Gasteiger partial charge in [-0.15, -0.1) is 0 Å². The highest BCUT2D eigenvalue weighted by Crippen LogP contribution is 2.60. The van der Waals surface area contributed by atoms with Gasteiger partial charge in [-0.25, -0.2) is 9.18 Å². The Bertz CT molecular complexity index is 688. The van der Waals surface area contributed by atoms with Crippen molar-refractivity contribution in [3.05, 3.63) is 29.6 Å². The van der Waals surface area contributed by atoms with Crippen LogP contribution in [-0.2, 0) is 6.54 Å². The van der Waals surface area contributed by atoms with E-state index in [2.05, 4.69) is 15.4 Å². The lowest BCUT2D eigenvalue weighted by Crippen LogP contribution is -2.54. The number of carbonyl (C=O) groups is 1. The highest BCUT2D eigenvalue weighted by atomic mass is 19.4. The Hall–Kier alpha value is -2.13. The molecule has 3 aliphatic carbocycles. The highest BCUT2D eigenvalue weighted by Gasteiger charge is 2.64. The highest BCUT2D eigenvalue weighted by molar-refractivity contribution is 5.75. The van der Waals surface area contributed by atoms with Crippen LogP contribution >= 0.6 is 0 Å². The van der Waals surface area contributed by atoms with Crippen LogP contribution in [0.2, 0.25) is 0 Å². The predicted molar refractivity (Wildman–Crippen MR) is 78.0 cm³/mol. The number of alkyl halides is 5. The molecule has 2 amide bonds. The normalized spacial score (nSPS) is 27.2. The second kappa shape index (κ2) is 6.55. The average Bonchev–Trinajstić information content (AvgIpc) is 3.03. The number of rotatable bonds is 5. The number of carbonyl (C=O) groups excluding carboxylic acids is 1. The Morgan fingerprint density at radius 3 is 2.54 bits per heavy atom. The van der Waals surface area contributed by atoms with Gasteiger partial charge in [0.15, 0.2) is 11.6 Å². The van der Waals surface area contributed by atoms with E-state index in [1.165, 1.54) is 6.07 Å². The fraction of sp³-hybridized carbons (Fsp3) is 0.562. The van der Waals surface area contributed by atoms with Crippen molar-refractivity contribution < 1.29 is 35.9 Å². The largest absolute Gasteiger partial charge is 0.432 e. The quantitative estimate of drug-likeness (QED) is 0.758. The van der Waals surface area contributed by atoms with Crippen molar-refractivity contribution in [1.82, 2.24) is 10.6 Å². The van der Waals surface area contributed by atoms with Gasteiger partial charge in [0.1, 0.15) is 0 Å². The zero-order valence-corrected chi connectivity index (χ0v) is 13.4. The fourth-order valence-electron chi connectivity index (χ4n) is 3.83. The van der Waals surface area contributed by atoms with Gasteiger partial charge in [0.2, 0.25) is 0 Å². The van der Waals surface area contributed by atoms with Gasteiger partial charge in [0.05, 0.1) is 5.92 Å². The van der Waals surface area contributed by atoms with Gasteiger partial charge < -0.3 is 15.4 Å². The molecule has 144 valence electrons. The van der Waals surface area contributed by atoms with Gasteiger partial charge in [-0.1, -0.05) is 6.07 Å². The number of hydrogen-bond acceptors (Lipinski definition) is 2. The van der Waals surface area contributed by atoms with Crippen molar-refractivity contribution in [3.8, 4) is 5.75 Å². The third kappa shape index (κ3) is 3.83. The summed E-state index contributed by atoms with van der Waals surface area (Å²) < 4.78 is 80.3. The van der Waals surface area contributed by atoms with Crippen molar-refractivity contribution in [2.45, 2.75) is 44.1 Å². The molecule has 3 saturated carbocycles. The summed E-state index contributed by atoms with van der Waals surface area (Å²) in [6, 6.07) is 2.56. The molecule has 1 atom stereocenters. The lowest BCUT2D eigenvalue weighted by atomic mass is 9.76. The summed E-state index contributed by atoms with van der Waals surface area (Å²) in [5.74, 6) is -3.47. The van der Waals surface area contributed by atoms with E-state index in [0.29, 0.717) is 5.56 Å². The van der Waals surface area contributed by atoms with E-state index in [1.807, 2.05) is 0 Å². The summed E-state index contributed by atoms with van der Waals surface area (Å²) in [4.78, 5) is 12.0. The lowest BCUT2D eigenvalue weighted by molar-refractivity contribution is -0.180. The smallest absolute Gasteiger partial charge is 0.392 e. The zero-order chi connectivity index (χ0) is 19.1. The third-order valence-electron chi connectivity index (χ3n) is 4.95. The Kier molecular flexibility index (Phi) is 4.70. The van der Waals surface area contributed by atoms with Gasteiger partial charge in [-0.3, -0.25) is 0 Å². The van der Waals surface area contributed by atoms with Crippen LogP contribution in [0.15, 0.2) is 18.2 Å². The molecule has 26 heavy (non-hydrogen) atoms. The van der Waals surface area contributed by atoms with E-state index in [0.717, 1.165) is 12.1 Å². The molecule has 0 aromatic heterocycles. The van der Waals surface area contributed by atoms with E-state index in [9.17, 15) is 31.1 Å². The molecular weight excluding hydrogens is 366 g/mol. The first-order chi connectivity index (χ1) is 12.1. The van der Waals surface area contributed by atoms with Crippen LogP contribution < -0.4 is 15.4 Å². The number of fused-ring (bicyclic) bond motifs is 1. The van der Waals surface area contributed by atoms with Gasteiger partial charge in [-0.05, 0) is 42.9 Å². The van der Waals surface area contributed by atoms with Crippen LogP contribution in [0.4, 0.5) is 31.1 Å². The molecule has 1 aromatic carbocycles. The molecule has 2 bridgehead atoms. The second-order valence-corrected chi connectivity index (χ2v) is 6.75. The molecule has 1 aromatic rings. The summed E-state index contributed by atoms with van der Waals surface area (Å²) in [5, 5.41) is 5.01. The minimum absolute atomic E-state index is 0.117. The number of hydrogen-bond donors (Lipinski definition) is 2. The summed E-state index contributed by atoms with van der Waals surface area (Å²) >= 11 is 0. The predicted octanol–water partition coefficient (Wildman–Crippen LogP) is 3.96. The summed E-state index contributed by atoms with van der Waals surface area (Å²) in [5.41, 5.74) is -0.539. The van der Waals surface area contributed by atoms with Crippen molar-refractivity contribution in [3.63, 3.8) is 0 Å². The van der Waals surface area contributed by atoms with E-state index < -0.39 is 47.8 Å². The molecule has 4 rings (SSSR count). The minimum atomic E-state index is -4.27. The van der Waals surface area contributed by atoms with E-state index in [-0.39, 0.29) is 25.8 Å². The Morgan fingerprint density at radius 1 is 1.27 bits per heavy atom. The lowest BCUT2D eigenvalue weighted by Gasteiger charge is -2.39. The van der Waals surface area contributed by atoms with Crippen LogP contribution in [0, 0.1) is 17.7 Å². The molecule has 0 unspecified atom stereocenters. The molecule has 3 fully saturated rings. The summed E-state index contributed by atoms with van der Waals surface area (Å²) in [6.45, 7) is -3.31. The van der Waals surface area contributed by atoms with Crippen molar-refractivity contribution in [2.24, 2.45) is 11.8 Å². The van der Waals surface area contributed by atoms with Crippen LogP contribution in [-0.4, -0.2) is 24.4 Å². The van der Waals surface area contributed by atoms with Crippen LogP contribution in [0.3, 0.4) is 0 Å². The van der Waals surface area contributed by atoms with Crippen LogP contribution in [0.25, 0.3) is 0 Å². The van der Waals surface area contributed by atoms with Gasteiger partial charge in [0, 0.05) is 12.1 Å². The molecule has 0 aliphatic heterocycles. The maximum atomic E-state index is 13.3. The summed E-state index contributed by atoms with van der Waals surface area (Å²) in [7, 11) is 0. The number of benzene rings is 1. The average molecular weight is 382 g/mol. The molecule has 0 heterocycles. The van der Waals surface area contributed by atoms with Gasteiger partial charge in [0.25, 0.3) is 0 Å². The molecule has 0 radical (unpaired) electrons. The molecule has 4 nitrogen and oxygen atoms in total. The van der Waals surface area contributed by atoms with Gasteiger partial charge in [-0.2, -0.15) is 22.0 Å². The first-order valence-corrected chi connectivity index (χ1v) is 7.94. The van der Waals surface area contributed by atoms with Gasteiger partial charge >= 0.3 is 18.8 Å². The Morgan fingerprint density at radius 2 is 1.96 bits per heavy atom. The Balaban J connectivity index is 1.53. The maximum absolute atomic E-state index is 13.3. The summed E-state index contributed by atoms with van der Waals surface area (Å²) in [6.07, 6.45) is -3.84. The van der Waals surface area contributed by atoms with E-state index in [4.69, 9.17) is 0 Å². The first-order valence-electron chi connectivity index (χ1n) is 7.94. The van der Waals surface area contributed by atoms with Crippen molar-refractivity contribution in [2.75, 3.05) is 0 Å². The number of urea groups is 1. The van der Waals surface area contributed by atoms with Crippen molar-refractivity contribution in [1.29, 1.82) is 0 Å². The van der Waals surface area contributed by atoms with Crippen LogP contribution in [0.5, 0.6) is 5.75 Å². The monoisotopic (exact) mass is 382 g/mol. The molecule has 2 N–H and O–H groups in total. The van der Waals surface area contributed by atoms with Crippen molar-refractivity contribution >= 4 is 6.03 Å². The molecule has 0 saturated heterocycles. The zero-order valence-electron chi connectivity index (χ0n) is 13.4. The first kappa shape index (κ1) is 18.7. The van der Waals surface area contributed by atoms with Crippen LogP contribution in [0.1, 0.15) is 24.8 Å². The number of halogens is 6. The number of nitrogens with one attached hydrogen (secondary N) is 2. The molecule has 3 aliphatic rings. The topological polar surface area (TPSA) is 50.4 Å². The number of amides is 2.